The summed E-state index contributed by atoms with van der Waals surface area (Å²) in [5.74, 6) is 2.82. The van der Waals surface area contributed by atoms with Gasteiger partial charge in [-0.25, -0.2) is 0 Å². The molecule has 0 aromatic carbocycles. The fourth-order valence-electron chi connectivity index (χ4n) is 5.45. The van der Waals surface area contributed by atoms with E-state index in [0.717, 1.165) is 83.2 Å². The number of ether oxygens (including phenoxy) is 2. The summed E-state index contributed by atoms with van der Waals surface area (Å²) < 4.78 is 17.2. The molecule has 0 amide bonds. The molecule has 33 heavy (non-hydrogen) atoms. The minimum absolute atomic E-state index is 0. The Morgan fingerprint density at radius 2 is 1.67 bits per heavy atom. The lowest BCUT2D eigenvalue weighted by molar-refractivity contribution is -0.0353. The van der Waals surface area contributed by atoms with Gasteiger partial charge in [0.2, 0.25) is 0 Å². The first-order valence-corrected chi connectivity index (χ1v) is 12.4. The van der Waals surface area contributed by atoms with Crippen molar-refractivity contribution in [3.8, 4) is 0 Å². The topological polar surface area (TPSA) is 74.5 Å². The number of hydrogen-bond donors (Lipinski definition) is 2. The molecule has 9 heteroatoms. The molecule has 3 aliphatic rings. The van der Waals surface area contributed by atoms with E-state index >= 15 is 0 Å². The van der Waals surface area contributed by atoms with Crippen LogP contribution in [-0.2, 0) is 9.47 Å². The molecular formula is C24H42IN5O3. The van der Waals surface area contributed by atoms with E-state index < -0.39 is 0 Å². The van der Waals surface area contributed by atoms with Crippen LogP contribution in [0.4, 0.5) is 0 Å². The fourth-order valence-corrected chi connectivity index (χ4v) is 5.45. The maximum atomic E-state index is 6.01. The summed E-state index contributed by atoms with van der Waals surface area (Å²) in [6, 6.07) is 4.31. The zero-order valence-corrected chi connectivity index (χ0v) is 22.6. The van der Waals surface area contributed by atoms with Crippen molar-refractivity contribution >= 4 is 29.9 Å². The summed E-state index contributed by atoms with van der Waals surface area (Å²) in [5.41, 5.74) is 0.210. The number of morpholine rings is 2. The van der Waals surface area contributed by atoms with Gasteiger partial charge in [0.1, 0.15) is 11.5 Å². The van der Waals surface area contributed by atoms with Crippen molar-refractivity contribution in [3.05, 3.63) is 23.7 Å². The fraction of sp³-hybridized carbons (Fsp3) is 0.792. The van der Waals surface area contributed by atoms with Gasteiger partial charge in [0, 0.05) is 51.9 Å². The van der Waals surface area contributed by atoms with Crippen LogP contribution in [0.15, 0.2) is 21.5 Å². The average molecular weight is 576 g/mol. The zero-order chi connectivity index (χ0) is 22.2. The standard InChI is InChI=1S/C24H41N5O3.HI/c1-20-6-7-22(32-20)21(28-10-14-30-15-11-28)18-26-23(25-2)27-19-24(8-4-3-5-9-24)29-12-16-31-17-13-29;/h6-7,21H,3-5,8-19H2,1-2H3,(H2,25,26,27);1H. The predicted octanol–water partition coefficient (Wildman–Crippen LogP) is 2.78. The number of rotatable bonds is 7. The minimum atomic E-state index is 0. The molecule has 2 saturated heterocycles. The van der Waals surface area contributed by atoms with E-state index in [1.807, 2.05) is 20.0 Å². The van der Waals surface area contributed by atoms with Gasteiger partial charge in [-0.3, -0.25) is 14.8 Å². The highest BCUT2D eigenvalue weighted by atomic mass is 127. The molecule has 0 radical (unpaired) electrons. The van der Waals surface area contributed by atoms with E-state index in [1.165, 1.54) is 32.1 Å². The van der Waals surface area contributed by atoms with Crippen LogP contribution < -0.4 is 10.6 Å². The predicted molar refractivity (Wildman–Crippen MR) is 142 cm³/mol. The number of hydrogen-bond acceptors (Lipinski definition) is 6. The maximum Gasteiger partial charge on any atom is 0.191 e. The monoisotopic (exact) mass is 575 g/mol. The van der Waals surface area contributed by atoms with Crippen molar-refractivity contribution in [3.63, 3.8) is 0 Å². The third-order valence-electron chi connectivity index (χ3n) is 7.31. The van der Waals surface area contributed by atoms with E-state index in [-0.39, 0.29) is 35.6 Å². The van der Waals surface area contributed by atoms with Crippen LogP contribution in [-0.4, -0.2) is 94.0 Å². The lowest BCUT2D eigenvalue weighted by atomic mass is 9.80. The first kappa shape index (κ1) is 26.7. The molecule has 1 aromatic rings. The molecule has 4 rings (SSSR count). The third kappa shape index (κ3) is 7.06. The van der Waals surface area contributed by atoms with Gasteiger partial charge in [0.05, 0.1) is 32.5 Å². The molecule has 0 bridgehead atoms. The highest BCUT2D eigenvalue weighted by Gasteiger charge is 2.38. The largest absolute Gasteiger partial charge is 0.465 e. The van der Waals surface area contributed by atoms with Gasteiger partial charge in [-0.05, 0) is 31.9 Å². The first-order chi connectivity index (χ1) is 15.7. The number of furan rings is 1. The van der Waals surface area contributed by atoms with Crippen molar-refractivity contribution in [2.75, 3.05) is 72.7 Å². The molecule has 3 heterocycles. The second-order valence-corrected chi connectivity index (χ2v) is 9.30. The molecule has 188 valence electrons. The van der Waals surface area contributed by atoms with Crippen molar-refractivity contribution in [2.24, 2.45) is 4.99 Å². The Kier molecular flexibility index (Phi) is 10.7. The van der Waals surface area contributed by atoms with Crippen LogP contribution in [0.5, 0.6) is 0 Å². The second-order valence-electron chi connectivity index (χ2n) is 9.30. The number of nitrogens with one attached hydrogen (secondary N) is 2. The van der Waals surface area contributed by atoms with Gasteiger partial charge in [-0.15, -0.1) is 24.0 Å². The Labute approximate surface area is 215 Å². The molecule has 2 N–H and O–H groups in total. The van der Waals surface area contributed by atoms with Crippen LogP contribution >= 0.6 is 24.0 Å². The number of nitrogens with zero attached hydrogens (tertiary/aromatic N) is 3. The normalized spacial score (nSPS) is 23.5. The van der Waals surface area contributed by atoms with E-state index in [9.17, 15) is 0 Å². The lowest BCUT2D eigenvalue weighted by Gasteiger charge is -2.48. The molecule has 1 unspecified atom stereocenters. The summed E-state index contributed by atoms with van der Waals surface area (Å²) in [6.07, 6.45) is 6.46. The summed E-state index contributed by atoms with van der Waals surface area (Å²) >= 11 is 0. The first-order valence-electron chi connectivity index (χ1n) is 12.4. The Hall–Kier alpha value is -0.880. The van der Waals surface area contributed by atoms with Gasteiger partial charge in [0.15, 0.2) is 5.96 Å². The van der Waals surface area contributed by atoms with E-state index in [1.54, 1.807) is 0 Å². The Morgan fingerprint density at radius 1 is 1.00 bits per heavy atom. The quantitative estimate of drug-likeness (QED) is 0.294. The summed E-state index contributed by atoms with van der Waals surface area (Å²) in [4.78, 5) is 9.65. The maximum absolute atomic E-state index is 6.01. The Bertz CT molecular complexity index is 725. The van der Waals surface area contributed by atoms with Crippen LogP contribution in [0.1, 0.15) is 49.7 Å². The molecule has 1 atom stereocenters. The number of guanidine groups is 1. The van der Waals surface area contributed by atoms with Crippen LogP contribution in [0, 0.1) is 6.92 Å². The van der Waals surface area contributed by atoms with Crippen LogP contribution in [0.3, 0.4) is 0 Å². The third-order valence-corrected chi connectivity index (χ3v) is 7.31. The molecule has 0 spiro atoms. The van der Waals surface area contributed by atoms with Crippen molar-refractivity contribution < 1.29 is 13.9 Å². The molecule has 8 nitrogen and oxygen atoms in total. The average Bonchev–Trinajstić information content (AvgIpc) is 3.29. The summed E-state index contributed by atoms with van der Waals surface area (Å²) in [5, 5.41) is 7.26. The Balaban J connectivity index is 0.00000306. The van der Waals surface area contributed by atoms with Gasteiger partial charge in [-0.2, -0.15) is 0 Å². The van der Waals surface area contributed by atoms with E-state index in [0.29, 0.717) is 0 Å². The zero-order valence-electron chi connectivity index (χ0n) is 20.3. The molecular weight excluding hydrogens is 533 g/mol. The number of halogens is 1. The highest BCUT2D eigenvalue weighted by Crippen LogP contribution is 2.34. The van der Waals surface area contributed by atoms with E-state index in [2.05, 4.69) is 31.5 Å². The Morgan fingerprint density at radius 3 is 2.27 bits per heavy atom. The van der Waals surface area contributed by atoms with Crippen LogP contribution in [0.2, 0.25) is 0 Å². The highest BCUT2D eigenvalue weighted by molar-refractivity contribution is 14.0. The molecule has 1 saturated carbocycles. The SMILES string of the molecule is CN=C(NCC(c1ccc(C)o1)N1CCOCC1)NCC1(N2CCOCC2)CCCCC1.I. The van der Waals surface area contributed by atoms with E-state index in [4.69, 9.17) is 13.9 Å². The molecule has 1 aliphatic carbocycles. The molecule has 2 aliphatic heterocycles. The van der Waals surface area contributed by atoms with Crippen LogP contribution in [0.25, 0.3) is 0 Å². The lowest BCUT2D eigenvalue weighted by Crippen LogP contribution is -2.60. The van der Waals surface area contributed by atoms with Gasteiger partial charge in [0.25, 0.3) is 0 Å². The van der Waals surface area contributed by atoms with Gasteiger partial charge >= 0.3 is 0 Å². The van der Waals surface area contributed by atoms with Crippen molar-refractivity contribution in [1.82, 2.24) is 20.4 Å². The minimum Gasteiger partial charge on any atom is -0.465 e. The van der Waals surface area contributed by atoms with Gasteiger partial charge in [-0.1, -0.05) is 19.3 Å². The second kappa shape index (κ2) is 13.3. The molecule has 1 aromatic heterocycles. The number of aliphatic imine (C=N–C) groups is 1. The van der Waals surface area contributed by atoms with Crippen molar-refractivity contribution in [2.45, 2.75) is 50.6 Å². The summed E-state index contributed by atoms with van der Waals surface area (Å²) in [6.45, 7) is 10.8. The smallest absolute Gasteiger partial charge is 0.191 e. The van der Waals surface area contributed by atoms with Crippen molar-refractivity contribution in [1.29, 1.82) is 0 Å². The van der Waals surface area contributed by atoms with Gasteiger partial charge < -0.3 is 24.5 Å². The number of aryl methyl sites for hydroxylation is 1. The summed E-state index contributed by atoms with van der Waals surface area (Å²) in [7, 11) is 1.86. The molecule has 3 fully saturated rings.